The van der Waals surface area contributed by atoms with Gasteiger partial charge in [0.2, 0.25) is 0 Å². The molecular formula is C13H21NO2S. The fourth-order valence-corrected chi connectivity index (χ4v) is 2.67. The Balaban J connectivity index is 2.43. The summed E-state index contributed by atoms with van der Waals surface area (Å²) in [7, 11) is 1.98. The second kappa shape index (κ2) is 5.65. The highest BCUT2D eigenvalue weighted by Gasteiger charge is 2.28. The van der Waals surface area contributed by atoms with E-state index in [-0.39, 0.29) is 0 Å². The van der Waals surface area contributed by atoms with Gasteiger partial charge in [0, 0.05) is 18.0 Å². The summed E-state index contributed by atoms with van der Waals surface area (Å²) in [6.07, 6.45) is 0.996. The number of carbonyl (C=O) groups is 1. The average Bonchev–Trinajstić information content (AvgIpc) is 2.60. The van der Waals surface area contributed by atoms with Crippen LogP contribution in [-0.4, -0.2) is 36.1 Å². The fraction of sp³-hybridized carbons (Fsp3) is 0.615. The molecule has 0 saturated carbocycles. The van der Waals surface area contributed by atoms with E-state index in [1.54, 1.807) is 25.2 Å². The average molecular weight is 255 g/mol. The summed E-state index contributed by atoms with van der Waals surface area (Å²) in [5.41, 5.74) is 0.653. The van der Waals surface area contributed by atoms with Gasteiger partial charge in [0.15, 0.2) is 0 Å². The van der Waals surface area contributed by atoms with Gasteiger partial charge >= 0.3 is 5.97 Å². The molecule has 0 bridgehead atoms. The highest BCUT2D eigenvalue weighted by Crippen LogP contribution is 2.19. The first-order valence-electron chi connectivity index (χ1n) is 5.78. The molecule has 1 N–H and O–H groups in total. The zero-order valence-electron chi connectivity index (χ0n) is 11.0. The van der Waals surface area contributed by atoms with E-state index in [2.05, 4.69) is 23.3 Å². The molecule has 1 heterocycles. The largest absolute Gasteiger partial charge is 0.481 e. The van der Waals surface area contributed by atoms with Crippen LogP contribution in [0.2, 0.25) is 0 Å². The van der Waals surface area contributed by atoms with Crippen molar-refractivity contribution >= 4 is 17.3 Å². The van der Waals surface area contributed by atoms with Gasteiger partial charge in [-0.1, -0.05) is 0 Å². The predicted molar refractivity (Wildman–Crippen MR) is 71.7 cm³/mol. The fourth-order valence-electron chi connectivity index (χ4n) is 1.77. The van der Waals surface area contributed by atoms with E-state index in [1.807, 2.05) is 7.05 Å². The summed E-state index contributed by atoms with van der Waals surface area (Å²) in [5.74, 6) is -0.739. The van der Waals surface area contributed by atoms with E-state index in [0.717, 1.165) is 13.0 Å². The number of aryl methyl sites for hydroxylation is 1. The molecule has 1 aromatic rings. The lowest BCUT2D eigenvalue weighted by Gasteiger charge is -2.26. The van der Waals surface area contributed by atoms with Gasteiger partial charge in [-0.3, -0.25) is 4.79 Å². The van der Waals surface area contributed by atoms with Gasteiger partial charge in [0.1, 0.15) is 0 Å². The minimum Gasteiger partial charge on any atom is -0.481 e. The maximum absolute atomic E-state index is 11.0. The third kappa shape index (κ3) is 4.13. The van der Waals surface area contributed by atoms with Gasteiger partial charge < -0.3 is 10.0 Å². The number of aliphatic carboxylic acids is 1. The molecule has 1 aromatic heterocycles. The van der Waals surface area contributed by atoms with Crippen molar-refractivity contribution < 1.29 is 9.90 Å². The van der Waals surface area contributed by atoms with Crippen LogP contribution in [0.3, 0.4) is 0 Å². The van der Waals surface area contributed by atoms with Crippen LogP contribution in [0.5, 0.6) is 0 Å². The van der Waals surface area contributed by atoms with Gasteiger partial charge in [-0.25, -0.2) is 0 Å². The Morgan fingerprint density at radius 3 is 2.65 bits per heavy atom. The summed E-state index contributed by atoms with van der Waals surface area (Å²) < 4.78 is 0. The molecule has 0 atom stereocenters. The van der Waals surface area contributed by atoms with E-state index >= 15 is 0 Å². The molecule has 4 heteroatoms. The molecule has 0 saturated heterocycles. The number of carboxylic acids is 1. The summed E-state index contributed by atoms with van der Waals surface area (Å²) >= 11 is 1.77. The van der Waals surface area contributed by atoms with Crippen molar-refractivity contribution in [3.8, 4) is 0 Å². The van der Waals surface area contributed by atoms with E-state index in [9.17, 15) is 4.79 Å². The van der Waals surface area contributed by atoms with Crippen LogP contribution in [0.4, 0.5) is 0 Å². The van der Waals surface area contributed by atoms with Crippen LogP contribution in [0, 0.1) is 12.3 Å². The van der Waals surface area contributed by atoms with Crippen LogP contribution in [-0.2, 0) is 11.2 Å². The van der Waals surface area contributed by atoms with Crippen molar-refractivity contribution in [3.63, 3.8) is 0 Å². The highest BCUT2D eigenvalue weighted by atomic mass is 32.1. The van der Waals surface area contributed by atoms with E-state index in [1.165, 1.54) is 10.4 Å². The SMILES string of the molecule is Cc1ccsc1CCN(C)CC(C)(C)C(=O)O. The van der Waals surface area contributed by atoms with E-state index in [0.29, 0.717) is 6.54 Å². The topological polar surface area (TPSA) is 40.5 Å². The lowest BCUT2D eigenvalue weighted by atomic mass is 9.93. The molecule has 3 nitrogen and oxygen atoms in total. The van der Waals surface area contributed by atoms with Crippen LogP contribution in [0.15, 0.2) is 11.4 Å². The number of thiophene rings is 1. The monoisotopic (exact) mass is 255 g/mol. The van der Waals surface area contributed by atoms with Crippen LogP contribution in [0.25, 0.3) is 0 Å². The normalized spacial score (nSPS) is 12.1. The Morgan fingerprint density at radius 1 is 1.53 bits per heavy atom. The quantitative estimate of drug-likeness (QED) is 0.849. The lowest BCUT2D eigenvalue weighted by molar-refractivity contribution is -0.147. The number of likely N-dealkylation sites (N-methyl/N-ethyl adjacent to an activating group) is 1. The van der Waals surface area contributed by atoms with Crippen LogP contribution < -0.4 is 0 Å². The number of hydrogen-bond acceptors (Lipinski definition) is 3. The van der Waals surface area contributed by atoms with E-state index < -0.39 is 11.4 Å². The Labute approximate surface area is 107 Å². The van der Waals surface area contributed by atoms with Crippen molar-refractivity contribution in [2.75, 3.05) is 20.1 Å². The summed E-state index contributed by atoms with van der Waals surface area (Å²) in [4.78, 5) is 14.5. The number of carboxylic acid groups (broad SMARTS) is 1. The van der Waals surface area contributed by atoms with Gasteiger partial charge in [-0.2, -0.15) is 0 Å². The molecule has 0 fully saturated rings. The Morgan fingerprint density at radius 2 is 2.18 bits per heavy atom. The molecule has 0 aromatic carbocycles. The zero-order valence-corrected chi connectivity index (χ0v) is 11.8. The molecule has 17 heavy (non-hydrogen) atoms. The first-order valence-corrected chi connectivity index (χ1v) is 6.66. The van der Waals surface area contributed by atoms with E-state index in [4.69, 9.17) is 5.11 Å². The molecule has 0 aliphatic heterocycles. The standard InChI is InChI=1S/C13H21NO2S/c1-10-6-8-17-11(10)5-7-14(4)9-13(2,3)12(15)16/h6,8H,5,7,9H2,1-4H3,(H,15,16). The molecule has 0 amide bonds. The highest BCUT2D eigenvalue weighted by molar-refractivity contribution is 7.10. The molecule has 0 aliphatic carbocycles. The molecular weight excluding hydrogens is 234 g/mol. The minimum atomic E-state index is -0.739. The number of rotatable bonds is 6. The first kappa shape index (κ1) is 14.2. The van der Waals surface area contributed by atoms with Crippen molar-refractivity contribution in [1.29, 1.82) is 0 Å². The minimum absolute atomic E-state index is 0.576. The molecule has 0 aliphatic rings. The smallest absolute Gasteiger partial charge is 0.310 e. The molecule has 0 spiro atoms. The van der Waals surface area contributed by atoms with Crippen molar-refractivity contribution in [2.24, 2.45) is 5.41 Å². The molecule has 96 valence electrons. The van der Waals surface area contributed by atoms with Gasteiger partial charge in [-0.05, 0) is 51.2 Å². The molecule has 0 radical (unpaired) electrons. The Bertz CT molecular complexity index is 385. The Kier molecular flexibility index (Phi) is 4.71. The van der Waals surface area contributed by atoms with Crippen molar-refractivity contribution in [1.82, 2.24) is 4.90 Å². The predicted octanol–water partition coefficient (Wildman–Crippen LogP) is 2.64. The maximum Gasteiger partial charge on any atom is 0.310 e. The second-order valence-electron chi connectivity index (χ2n) is 5.20. The molecule has 0 unspecified atom stereocenters. The number of hydrogen-bond donors (Lipinski definition) is 1. The third-order valence-corrected chi connectivity index (χ3v) is 4.02. The van der Waals surface area contributed by atoms with Crippen LogP contribution >= 0.6 is 11.3 Å². The van der Waals surface area contributed by atoms with Gasteiger partial charge in [0.25, 0.3) is 0 Å². The number of nitrogens with zero attached hydrogens (tertiary/aromatic N) is 1. The summed E-state index contributed by atoms with van der Waals surface area (Å²) in [5, 5.41) is 11.2. The second-order valence-corrected chi connectivity index (χ2v) is 6.20. The van der Waals surface area contributed by atoms with Gasteiger partial charge in [-0.15, -0.1) is 11.3 Å². The van der Waals surface area contributed by atoms with Crippen molar-refractivity contribution in [3.05, 3.63) is 21.9 Å². The lowest BCUT2D eigenvalue weighted by Crippen LogP contribution is -2.38. The first-order chi connectivity index (χ1) is 7.83. The summed E-state index contributed by atoms with van der Waals surface area (Å²) in [6, 6.07) is 2.13. The third-order valence-electron chi connectivity index (χ3n) is 2.93. The van der Waals surface area contributed by atoms with Gasteiger partial charge in [0.05, 0.1) is 5.41 Å². The summed E-state index contributed by atoms with van der Waals surface area (Å²) in [6.45, 7) is 7.13. The van der Waals surface area contributed by atoms with Crippen LogP contribution in [0.1, 0.15) is 24.3 Å². The van der Waals surface area contributed by atoms with Crippen molar-refractivity contribution in [2.45, 2.75) is 27.2 Å². The Hall–Kier alpha value is -0.870. The zero-order chi connectivity index (χ0) is 13.1. The molecule has 1 rings (SSSR count). The maximum atomic E-state index is 11.0.